The highest BCUT2D eigenvalue weighted by Gasteiger charge is 2.26. The summed E-state index contributed by atoms with van der Waals surface area (Å²) in [5, 5.41) is 0. The number of cyclic esters (lactones) is 2. The average Bonchev–Trinajstić information content (AvgIpc) is 3.06. The van der Waals surface area contributed by atoms with Crippen LogP contribution in [-0.2, 0) is 28.5 Å². The molecule has 0 aromatic heterocycles. The highest BCUT2D eigenvalue weighted by Crippen LogP contribution is 2.18. The molecule has 0 aromatic carbocycles. The van der Waals surface area contributed by atoms with E-state index in [1.54, 1.807) is 0 Å². The van der Waals surface area contributed by atoms with Gasteiger partial charge < -0.3 is 18.9 Å². The van der Waals surface area contributed by atoms with E-state index in [4.69, 9.17) is 18.9 Å². The summed E-state index contributed by atoms with van der Waals surface area (Å²) >= 11 is 0. The molecule has 120 valence electrons. The van der Waals surface area contributed by atoms with Crippen LogP contribution in [-0.4, -0.2) is 51.6 Å². The summed E-state index contributed by atoms with van der Waals surface area (Å²) in [5.41, 5.74) is 0. The van der Waals surface area contributed by atoms with Gasteiger partial charge in [0.05, 0.1) is 25.0 Å². The number of rotatable bonds is 10. The van der Waals surface area contributed by atoms with Gasteiger partial charge in [0.25, 0.3) is 0 Å². The van der Waals surface area contributed by atoms with E-state index in [9.17, 15) is 9.59 Å². The van der Waals surface area contributed by atoms with Crippen molar-refractivity contribution in [1.82, 2.24) is 0 Å². The third kappa shape index (κ3) is 5.63. The second kappa shape index (κ2) is 9.00. The van der Waals surface area contributed by atoms with Crippen molar-refractivity contribution in [2.24, 2.45) is 11.8 Å². The van der Waals surface area contributed by atoms with Gasteiger partial charge in [-0.2, -0.15) is 0 Å². The van der Waals surface area contributed by atoms with E-state index >= 15 is 0 Å². The Morgan fingerprint density at radius 2 is 1.29 bits per heavy atom. The van der Waals surface area contributed by atoms with E-state index in [0.717, 1.165) is 32.1 Å². The van der Waals surface area contributed by atoms with Crippen LogP contribution in [0.5, 0.6) is 0 Å². The van der Waals surface area contributed by atoms with Crippen LogP contribution in [0.1, 0.15) is 32.1 Å². The number of ether oxygens (including phenoxy) is 4. The Hall–Kier alpha value is -1.14. The number of carbonyl (C=O) groups excluding carboxylic acids is 2. The zero-order valence-corrected chi connectivity index (χ0v) is 12.4. The summed E-state index contributed by atoms with van der Waals surface area (Å²) in [6.07, 6.45) is 3.93. The summed E-state index contributed by atoms with van der Waals surface area (Å²) in [7, 11) is 0. The van der Waals surface area contributed by atoms with Gasteiger partial charge in [-0.15, -0.1) is 0 Å². The van der Waals surface area contributed by atoms with Crippen molar-refractivity contribution in [2.45, 2.75) is 32.1 Å². The van der Waals surface area contributed by atoms with Gasteiger partial charge in [0, 0.05) is 26.4 Å². The molecule has 6 heteroatoms. The Bertz CT molecular complexity index is 311. The number of hydrogen-bond acceptors (Lipinski definition) is 6. The van der Waals surface area contributed by atoms with Gasteiger partial charge in [-0.1, -0.05) is 0 Å². The van der Waals surface area contributed by atoms with Crippen molar-refractivity contribution < 1.29 is 28.5 Å². The molecule has 0 amide bonds. The molecule has 0 aliphatic carbocycles. The fourth-order valence-electron chi connectivity index (χ4n) is 2.52. The zero-order valence-electron chi connectivity index (χ0n) is 12.4. The Kier molecular flexibility index (Phi) is 6.95. The van der Waals surface area contributed by atoms with Crippen LogP contribution in [0.25, 0.3) is 0 Å². The standard InChI is InChI=1S/C15H24O6/c16-14-12(4-10-20-14)2-8-18-6-1-7-19-9-3-13-5-11-21-15(13)17/h12-13H,1-11H2. The molecule has 2 heterocycles. The van der Waals surface area contributed by atoms with Gasteiger partial charge in [0.15, 0.2) is 0 Å². The van der Waals surface area contributed by atoms with Crippen LogP contribution in [0.3, 0.4) is 0 Å². The molecule has 0 radical (unpaired) electrons. The van der Waals surface area contributed by atoms with Gasteiger partial charge >= 0.3 is 11.9 Å². The minimum Gasteiger partial charge on any atom is -0.465 e. The first kappa shape index (κ1) is 16.2. The molecule has 2 unspecified atom stereocenters. The molecule has 2 aliphatic heterocycles. The lowest BCUT2D eigenvalue weighted by molar-refractivity contribution is -0.142. The first-order chi connectivity index (χ1) is 10.3. The van der Waals surface area contributed by atoms with E-state index in [2.05, 4.69) is 0 Å². The Morgan fingerprint density at radius 1 is 0.810 bits per heavy atom. The van der Waals surface area contributed by atoms with Crippen molar-refractivity contribution in [2.75, 3.05) is 39.6 Å². The van der Waals surface area contributed by atoms with E-state index in [-0.39, 0.29) is 23.8 Å². The van der Waals surface area contributed by atoms with Gasteiger partial charge in [-0.3, -0.25) is 9.59 Å². The first-order valence-corrected chi connectivity index (χ1v) is 7.76. The maximum atomic E-state index is 11.2. The summed E-state index contributed by atoms with van der Waals surface area (Å²) in [6, 6.07) is 0. The van der Waals surface area contributed by atoms with E-state index < -0.39 is 0 Å². The van der Waals surface area contributed by atoms with Crippen LogP contribution >= 0.6 is 0 Å². The predicted molar refractivity (Wildman–Crippen MR) is 73.6 cm³/mol. The molecule has 2 aliphatic rings. The highest BCUT2D eigenvalue weighted by atomic mass is 16.5. The maximum Gasteiger partial charge on any atom is 0.309 e. The number of hydrogen-bond donors (Lipinski definition) is 0. The SMILES string of the molecule is O=C1OCCC1CCOCCCOCCC1CCOC1=O. The van der Waals surface area contributed by atoms with E-state index in [0.29, 0.717) is 39.6 Å². The van der Waals surface area contributed by atoms with E-state index in [1.165, 1.54) is 0 Å². The second-order valence-corrected chi connectivity index (χ2v) is 5.46. The van der Waals surface area contributed by atoms with Gasteiger partial charge in [0.2, 0.25) is 0 Å². The van der Waals surface area contributed by atoms with Crippen LogP contribution in [0.15, 0.2) is 0 Å². The monoisotopic (exact) mass is 300 g/mol. The fraction of sp³-hybridized carbons (Fsp3) is 0.867. The quantitative estimate of drug-likeness (QED) is 0.447. The number of esters is 2. The third-order valence-corrected chi connectivity index (χ3v) is 3.89. The largest absolute Gasteiger partial charge is 0.465 e. The third-order valence-electron chi connectivity index (χ3n) is 3.89. The summed E-state index contributed by atoms with van der Waals surface area (Å²) in [5.74, 6) is -0.139. The fourth-order valence-corrected chi connectivity index (χ4v) is 2.52. The van der Waals surface area contributed by atoms with E-state index in [1.807, 2.05) is 0 Å². The first-order valence-electron chi connectivity index (χ1n) is 7.76. The molecule has 0 spiro atoms. The molecular formula is C15H24O6. The van der Waals surface area contributed by atoms with Crippen molar-refractivity contribution in [3.63, 3.8) is 0 Å². The van der Waals surface area contributed by atoms with Crippen molar-refractivity contribution in [3.8, 4) is 0 Å². The molecular weight excluding hydrogens is 276 g/mol. The molecule has 0 N–H and O–H groups in total. The molecule has 0 aromatic rings. The normalized spacial score (nSPS) is 25.1. The summed E-state index contributed by atoms with van der Waals surface area (Å²) in [6.45, 7) is 3.54. The Balaban J connectivity index is 1.35. The lowest BCUT2D eigenvalue weighted by Crippen LogP contribution is -2.12. The van der Waals surface area contributed by atoms with Gasteiger partial charge in [-0.05, 0) is 32.1 Å². The van der Waals surface area contributed by atoms with Crippen LogP contribution in [0.4, 0.5) is 0 Å². The predicted octanol–water partition coefficient (Wildman–Crippen LogP) is 1.32. The highest BCUT2D eigenvalue weighted by molar-refractivity contribution is 5.74. The van der Waals surface area contributed by atoms with Gasteiger partial charge in [-0.25, -0.2) is 0 Å². The van der Waals surface area contributed by atoms with Crippen LogP contribution in [0.2, 0.25) is 0 Å². The minimum atomic E-state index is -0.0904. The lowest BCUT2D eigenvalue weighted by atomic mass is 10.1. The second-order valence-electron chi connectivity index (χ2n) is 5.46. The molecule has 2 fully saturated rings. The van der Waals surface area contributed by atoms with Crippen molar-refractivity contribution >= 4 is 11.9 Å². The van der Waals surface area contributed by atoms with Crippen LogP contribution < -0.4 is 0 Å². The molecule has 2 atom stereocenters. The van der Waals surface area contributed by atoms with Crippen molar-refractivity contribution in [3.05, 3.63) is 0 Å². The molecule has 0 bridgehead atoms. The Labute approximate surface area is 125 Å². The molecule has 2 rings (SSSR count). The maximum absolute atomic E-state index is 11.2. The minimum absolute atomic E-state index is 0.0208. The molecule has 21 heavy (non-hydrogen) atoms. The van der Waals surface area contributed by atoms with Crippen LogP contribution in [0, 0.1) is 11.8 Å². The lowest BCUT2D eigenvalue weighted by Gasteiger charge is -2.08. The van der Waals surface area contributed by atoms with Crippen molar-refractivity contribution in [1.29, 1.82) is 0 Å². The topological polar surface area (TPSA) is 71.1 Å². The molecule has 2 saturated heterocycles. The summed E-state index contributed by atoms with van der Waals surface area (Å²) < 4.78 is 20.7. The molecule has 0 saturated carbocycles. The Morgan fingerprint density at radius 3 is 1.67 bits per heavy atom. The zero-order chi connectivity index (χ0) is 14.9. The molecule has 6 nitrogen and oxygen atoms in total. The smallest absolute Gasteiger partial charge is 0.309 e. The van der Waals surface area contributed by atoms with Gasteiger partial charge in [0.1, 0.15) is 0 Å². The number of carbonyl (C=O) groups is 2. The summed E-state index contributed by atoms with van der Waals surface area (Å²) in [4.78, 5) is 22.4. The average molecular weight is 300 g/mol.